The number of methoxy groups -OCH3 is 1. The fraction of sp³-hybridized carbons (Fsp3) is 0.143. The fourth-order valence-electron chi connectivity index (χ4n) is 0.880. The molecule has 0 saturated heterocycles. The summed E-state index contributed by atoms with van der Waals surface area (Å²) in [6.45, 7) is 0. The molecule has 0 aromatic heterocycles. The maximum atomic E-state index is 12.8. The van der Waals surface area contributed by atoms with E-state index in [0.717, 1.165) is 7.11 Å². The van der Waals surface area contributed by atoms with Gasteiger partial charge < -0.3 is 4.74 Å². The van der Waals surface area contributed by atoms with Crippen molar-refractivity contribution in [2.24, 2.45) is 0 Å². The summed E-state index contributed by atoms with van der Waals surface area (Å²) in [4.78, 5) is 8.77. The third kappa shape index (κ3) is 1.48. The van der Waals surface area contributed by atoms with Gasteiger partial charge in [0.25, 0.3) is 0 Å². The highest BCUT2D eigenvalue weighted by Crippen LogP contribution is 2.30. The summed E-state index contributed by atoms with van der Waals surface area (Å²) >= 11 is 0. The standard InChI is InChI=1S/C7H4F3NO3/c1-14-4-2-3(8)7(11(12)13)6(10)5(4)9/h2H,1H3. The molecule has 0 aliphatic rings. The molecule has 1 rings (SSSR count). The number of nitro groups is 1. The molecule has 0 spiro atoms. The Balaban J connectivity index is 3.49. The highest BCUT2D eigenvalue weighted by atomic mass is 19.2. The Bertz CT molecular complexity index is 394. The van der Waals surface area contributed by atoms with Crippen LogP contribution >= 0.6 is 0 Å². The average molecular weight is 207 g/mol. The maximum absolute atomic E-state index is 12.8. The number of rotatable bonds is 2. The first-order valence-corrected chi connectivity index (χ1v) is 3.35. The molecule has 0 atom stereocenters. The van der Waals surface area contributed by atoms with Gasteiger partial charge in [-0.3, -0.25) is 10.1 Å². The first-order valence-electron chi connectivity index (χ1n) is 3.35. The summed E-state index contributed by atoms with van der Waals surface area (Å²) in [6.07, 6.45) is 0. The molecule has 14 heavy (non-hydrogen) atoms. The molecule has 4 nitrogen and oxygen atoms in total. The topological polar surface area (TPSA) is 52.4 Å². The minimum Gasteiger partial charge on any atom is -0.493 e. The van der Waals surface area contributed by atoms with Gasteiger partial charge in [0.05, 0.1) is 12.0 Å². The van der Waals surface area contributed by atoms with Crippen LogP contribution in [0, 0.1) is 27.6 Å². The molecule has 7 heteroatoms. The average Bonchev–Trinajstić information content (AvgIpc) is 2.10. The molecule has 0 aliphatic carbocycles. The van der Waals surface area contributed by atoms with E-state index in [-0.39, 0.29) is 0 Å². The van der Waals surface area contributed by atoms with Gasteiger partial charge in [-0.05, 0) is 0 Å². The van der Waals surface area contributed by atoms with Crippen LogP contribution in [-0.4, -0.2) is 12.0 Å². The van der Waals surface area contributed by atoms with Gasteiger partial charge in [0.2, 0.25) is 17.5 Å². The maximum Gasteiger partial charge on any atom is 0.343 e. The number of nitro benzene ring substituents is 1. The Hall–Kier alpha value is -1.79. The van der Waals surface area contributed by atoms with Crippen LogP contribution in [0.15, 0.2) is 6.07 Å². The van der Waals surface area contributed by atoms with Crippen molar-refractivity contribution in [1.82, 2.24) is 0 Å². The molecular formula is C7H4F3NO3. The lowest BCUT2D eigenvalue weighted by Gasteiger charge is -2.03. The first kappa shape index (κ1) is 10.3. The first-order chi connectivity index (χ1) is 6.49. The Morgan fingerprint density at radius 2 is 1.93 bits per heavy atom. The van der Waals surface area contributed by atoms with E-state index >= 15 is 0 Å². The van der Waals surface area contributed by atoms with Crippen LogP contribution in [0.25, 0.3) is 0 Å². The lowest BCUT2D eigenvalue weighted by Crippen LogP contribution is -2.01. The molecule has 0 amide bonds. The van der Waals surface area contributed by atoms with Crippen LogP contribution in [0.1, 0.15) is 0 Å². The third-order valence-electron chi connectivity index (χ3n) is 1.50. The molecule has 0 saturated carbocycles. The summed E-state index contributed by atoms with van der Waals surface area (Å²) in [5.41, 5.74) is -1.52. The van der Waals surface area contributed by atoms with Crippen molar-refractivity contribution >= 4 is 5.69 Å². The zero-order valence-electron chi connectivity index (χ0n) is 6.88. The van der Waals surface area contributed by atoms with Crippen molar-refractivity contribution in [2.45, 2.75) is 0 Å². The Morgan fingerprint density at radius 1 is 1.36 bits per heavy atom. The van der Waals surface area contributed by atoms with Crippen molar-refractivity contribution in [3.05, 3.63) is 33.6 Å². The van der Waals surface area contributed by atoms with E-state index in [9.17, 15) is 23.3 Å². The van der Waals surface area contributed by atoms with Gasteiger partial charge in [0.15, 0.2) is 5.75 Å². The Kier molecular flexibility index (Phi) is 2.59. The second-order valence-electron chi connectivity index (χ2n) is 2.29. The summed E-state index contributed by atoms with van der Waals surface area (Å²) < 4.78 is 42.7. The van der Waals surface area contributed by atoms with E-state index in [4.69, 9.17) is 0 Å². The number of nitrogens with zero attached hydrogens (tertiary/aromatic N) is 1. The molecule has 1 aromatic carbocycles. The van der Waals surface area contributed by atoms with Crippen LogP contribution in [0.4, 0.5) is 18.9 Å². The second-order valence-corrected chi connectivity index (χ2v) is 2.29. The van der Waals surface area contributed by atoms with Gasteiger partial charge >= 0.3 is 5.69 Å². The van der Waals surface area contributed by atoms with Crippen LogP contribution in [0.3, 0.4) is 0 Å². The van der Waals surface area contributed by atoms with E-state index in [0.29, 0.717) is 6.07 Å². The molecule has 0 unspecified atom stereocenters. The van der Waals surface area contributed by atoms with E-state index in [2.05, 4.69) is 4.74 Å². The van der Waals surface area contributed by atoms with Crippen molar-refractivity contribution in [1.29, 1.82) is 0 Å². The normalized spacial score (nSPS) is 10.0. The van der Waals surface area contributed by atoms with Crippen LogP contribution in [0.5, 0.6) is 5.75 Å². The lowest BCUT2D eigenvalue weighted by molar-refractivity contribution is -0.390. The third-order valence-corrected chi connectivity index (χ3v) is 1.50. The molecule has 0 fully saturated rings. The van der Waals surface area contributed by atoms with Crippen molar-refractivity contribution in [3.63, 3.8) is 0 Å². The number of hydrogen-bond donors (Lipinski definition) is 0. The number of ether oxygens (including phenoxy) is 1. The molecule has 1 aromatic rings. The predicted octanol–water partition coefficient (Wildman–Crippen LogP) is 2.02. The minimum atomic E-state index is -1.87. The van der Waals surface area contributed by atoms with Crippen molar-refractivity contribution in [3.8, 4) is 5.75 Å². The molecule has 0 N–H and O–H groups in total. The predicted molar refractivity (Wildman–Crippen MR) is 39.5 cm³/mol. The highest BCUT2D eigenvalue weighted by molar-refractivity contribution is 5.41. The van der Waals surface area contributed by atoms with Gasteiger partial charge in [0, 0.05) is 6.07 Å². The van der Waals surface area contributed by atoms with Crippen LogP contribution < -0.4 is 4.74 Å². The Morgan fingerprint density at radius 3 is 2.36 bits per heavy atom. The Labute approximate surface area is 76.1 Å². The van der Waals surface area contributed by atoms with Crippen LogP contribution in [-0.2, 0) is 0 Å². The molecule has 0 radical (unpaired) electrons. The molecule has 0 heterocycles. The number of hydrogen-bond acceptors (Lipinski definition) is 3. The van der Waals surface area contributed by atoms with Gasteiger partial charge in [-0.15, -0.1) is 0 Å². The quantitative estimate of drug-likeness (QED) is 0.423. The van der Waals surface area contributed by atoms with E-state index in [1.807, 2.05) is 0 Å². The zero-order chi connectivity index (χ0) is 10.9. The van der Waals surface area contributed by atoms with E-state index < -0.39 is 33.8 Å². The summed E-state index contributed by atoms with van der Waals surface area (Å²) in [5.74, 6) is -5.65. The SMILES string of the molecule is COc1cc(F)c([N+](=O)[O-])c(F)c1F. The summed E-state index contributed by atoms with van der Waals surface area (Å²) in [7, 11) is 0.989. The van der Waals surface area contributed by atoms with Crippen molar-refractivity contribution in [2.75, 3.05) is 7.11 Å². The summed E-state index contributed by atoms with van der Waals surface area (Å²) in [6, 6.07) is 0.413. The largest absolute Gasteiger partial charge is 0.493 e. The van der Waals surface area contributed by atoms with Crippen LogP contribution in [0.2, 0.25) is 0 Å². The second kappa shape index (κ2) is 3.52. The van der Waals surface area contributed by atoms with Crippen molar-refractivity contribution < 1.29 is 22.8 Å². The highest BCUT2D eigenvalue weighted by Gasteiger charge is 2.27. The molecule has 0 aliphatic heterocycles. The molecule has 76 valence electrons. The fourth-order valence-corrected chi connectivity index (χ4v) is 0.880. The number of benzene rings is 1. The number of halogens is 3. The van der Waals surface area contributed by atoms with E-state index in [1.165, 1.54) is 0 Å². The van der Waals surface area contributed by atoms with Gasteiger partial charge in [-0.2, -0.15) is 13.2 Å². The van der Waals surface area contributed by atoms with E-state index in [1.54, 1.807) is 0 Å². The monoisotopic (exact) mass is 207 g/mol. The zero-order valence-corrected chi connectivity index (χ0v) is 6.88. The molecule has 0 bridgehead atoms. The molecular weight excluding hydrogens is 203 g/mol. The summed E-state index contributed by atoms with van der Waals surface area (Å²) in [5, 5.41) is 10.1. The lowest BCUT2D eigenvalue weighted by atomic mass is 10.2. The van der Waals surface area contributed by atoms with Gasteiger partial charge in [-0.25, -0.2) is 0 Å². The van der Waals surface area contributed by atoms with Gasteiger partial charge in [0.1, 0.15) is 0 Å². The smallest absolute Gasteiger partial charge is 0.343 e. The minimum absolute atomic E-state index is 0.413. The van der Waals surface area contributed by atoms with Gasteiger partial charge in [-0.1, -0.05) is 0 Å².